The number of amides is 1. The summed E-state index contributed by atoms with van der Waals surface area (Å²) in [5.41, 5.74) is 1.74. The minimum absolute atomic E-state index is 0.0999. The maximum Gasteiger partial charge on any atom is 0.410 e. The summed E-state index contributed by atoms with van der Waals surface area (Å²) in [5.74, 6) is -2.96. The maximum atomic E-state index is 15.3. The van der Waals surface area contributed by atoms with Crippen molar-refractivity contribution in [3.05, 3.63) is 76.7 Å². The Hall–Kier alpha value is -4.41. The Morgan fingerprint density at radius 3 is 2.42 bits per heavy atom. The Morgan fingerprint density at radius 2 is 1.76 bits per heavy atom. The highest BCUT2D eigenvalue weighted by Gasteiger charge is 2.33. The van der Waals surface area contributed by atoms with E-state index >= 15 is 4.39 Å². The molecule has 11 heteroatoms. The van der Waals surface area contributed by atoms with Gasteiger partial charge in [0.05, 0.1) is 17.5 Å². The molecule has 0 aliphatic rings. The first-order chi connectivity index (χ1) is 21.0. The van der Waals surface area contributed by atoms with Crippen molar-refractivity contribution in [3.8, 4) is 16.9 Å². The van der Waals surface area contributed by atoms with Gasteiger partial charge in [0.1, 0.15) is 18.0 Å². The van der Waals surface area contributed by atoms with Crippen molar-refractivity contribution in [2.24, 2.45) is 12.5 Å². The number of carbonyl (C=O) groups is 2. The molecule has 0 saturated carbocycles. The van der Waals surface area contributed by atoms with Gasteiger partial charge in [-0.15, -0.1) is 0 Å². The number of hydrogen-bond acceptors (Lipinski definition) is 6. The summed E-state index contributed by atoms with van der Waals surface area (Å²) in [6.07, 6.45) is 1.31. The molecule has 45 heavy (non-hydrogen) atoms. The molecule has 0 N–H and O–H groups in total. The molecule has 0 aliphatic carbocycles. The van der Waals surface area contributed by atoms with Gasteiger partial charge in [0.2, 0.25) is 5.82 Å². The average molecular weight is 625 g/mol. The molecule has 0 radical (unpaired) electrons. The molecule has 2 aromatic carbocycles. The van der Waals surface area contributed by atoms with Crippen LogP contribution in [0.2, 0.25) is 0 Å². The maximum absolute atomic E-state index is 15.3. The largest absolute Gasteiger partial charge is 0.489 e. The number of carbonyl (C=O) groups excluding carboxylic acids is 2. The first kappa shape index (κ1) is 33.5. The van der Waals surface area contributed by atoms with E-state index in [1.165, 1.54) is 29.5 Å². The third-order valence-corrected chi connectivity index (χ3v) is 7.53. The Balaban J connectivity index is 1.65. The third-order valence-electron chi connectivity index (χ3n) is 7.53. The van der Waals surface area contributed by atoms with Gasteiger partial charge in [-0.25, -0.2) is 9.18 Å². The fourth-order valence-corrected chi connectivity index (χ4v) is 4.84. The summed E-state index contributed by atoms with van der Waals surface area (Å²) >= 11 is 0. The van der Waals surface area contributed by atoms with E-state index < -0.39 is 41.2 Å². The van der Waals surface area contributed by atoms with Crippen LogP contribution >= 0.6 is 0 Å². The number of aromatic nitrogens is 3. The van der Waals surface area contributed by atoms with Crippen LogP contribution in [0.1, 0.15) is 61.9 Å². The first-order valence-electron chi connectivity index (χ1n) is 14.6. The van der Waals surface area contributed by atoms with Crippen LogP contribution in [-0.4, -0.2) is 57.5 Å². The predicted molar refractivity (Wildman–Crippen MR) is 166 cm³/mol. The normalized spacial score (nSPS) is 12.0. The molecule has 2 heterocycles. The number of benzene rings is 2. The van der Waals surface area contributed by atoms with Crippen molar-refractivity contribution in [3.63, 3.8) is 0 Å². The van der Waals surface area contributed by atoms with E-state index in [4.69, 9.17) is 9.47 Å². The smallest absolute Gasteiger partial charge is 0.410 e. The van der Waals surface area contributed by atoms with E-state index in [2.05, 4.69) is 10.1 Å². The van der Waals surface area contributed by atoms with Gasteiger partial charge in [0.15, 0.2) is 17.3 Å². The lowest BCUT2D eigenvalue weighted by Crippen LogP contribution is -2.33. The van der Waals surface area contributed by atoms with Crippen molar-refractivity contribution in [2.45, 2.75) is 60.1 Å². The number of ether oxygens (including phenoxy) is 2. The second kappa shape index (κ2) is 12.9. The molecular formula is C34H39F3N4O4. The third kappa shape index (κ3) is 7.29. The molecule has 0 saturated heterocycles. The van der Waals surface area contributed by atoms with Gasteiger partial charge < -0.3 is 14.4 Å². The molecule has 1 amide bonds. The van der Waals surface area contributed by atoms with E-state index in [0.717, 1.165) is 11.6 Å². The van der Waals surface area contributed by atoms with Crippen LogP contribution in [0, 0.1) is 24.0 Å². The van der Waals surface area contributed by atoms with Crippen LogP contribution in [0.4, 0.5) is 18.0 Å². The van der Waals surface area contributed by atoms with E-state index in [1.54, 1.807) is 72.3 Å². The Labute approximate surface area is 261 Å². The molecule has 0 aliphatic heterocycles. The highest BCUT2D eigenvalue weighted by atomic mass is 19.2. The zero-order valence-electron chi connectivity index (χ0n) is 26.9. The monoisotopic (exact) mass is 624 g/mol. The number of aryl methyl sites for hydroxylation is 1. The van der Waals surface area contributed by atoms with E-state index in [0.29, 0.717) is 33.3 Å². The number of halogens is 3. The quantitative estimate of drug-likeness (QED) is 0.171. The molecule has 0 fully saturated rings. The van der Waals surface area contributed by atoms with Crippen LogP contribution in [0.5, 0.6) is 5.75 Å². The van der Waals surface area contributed by atoms with Crippen molar-refractivity contribution in [1.29, 1.82) is 0 Å². The molecule has 0 atom stereocenters. The molecule has 0 spiro atoms. The number of ketones is 1. The minimum Gasteiger partial charge on any atom is -0.489 e. The number of rotatable bonds is 10. The molecule has 4 rings (SSSR count). The Bertz CT molecular complexity index is 1740. The van der Waals surface area contributed by atoms with Crippen molar-refractivity contribution in [2.75, 3.05) is 20.3 Å². The number of pyridine rings is 1. The minimum atomic E-state index is -1.26. The second-order valence-electron chi connectivity index (χ2n) is 12.8. The van der Waals surface area contributed by atoms with Gasteiger partial charge >= 0.3 is 6.09 Å². The van der Waals surface area contributed by atoms with E-state index in [1.807, 2.05) is 0 Å². The molecular weight excluding hydrogens is 585 g/mol. The summed E-state index contributed by atoms with van der Waals surface area (Å²) in [5, 5.41) is 5.02. The second-order valence-corrected chi connectivity index (χ2v) is 12.8. The summed E-state index contributed by atoms with van der Waals surface area (Å²) in [7, 11) is 3.31. The molecule has 8 nitrogen and oxygen atoms in total. The molecule has 0 bridgehead atoms. The van der Waals surface area contributed by atoms with Crippen molar-refractivity contribution >= 4 is 22.8 Å². The molecule has 240 valence electrons. The summed E-state index contributed by atoms with van der Waals surface area (Å²) in [6, 6.07) is 9.54. The standard InChI is InChI=1S/C34H39F3N4O4/c1-20-23(29(39-41(20)8)31(42)34(5,6)19-35)14-16-44-30-24(10-11-26(36)28(30)37)21-9-12-27-25(17-21)22(13-15-38-27)18-40(7)32(43)45-33(2,3)4/h9-13,15,17H,14,16,18-19H2,1-8H3. The lowest BCUT2D eigenvalue weighted by Gasteiger charge is -2.25. The first-order valence-corrected chi connectivity index (χ1v) is 14.6. The zero-order valence-corrected chi connectivity index (χ0v) is 26.9. The highest BCUT2D eigenvalue weighted by molar-refractivity contribution is 6.00. The van der Waals surface area contributed by atoms with Crippen LogP contribution < -0.4 is 4.74 Å². The summed E-state index contributed by atoms with van der Waals surface area (Å²) < 4.78 is 56.2. The van der Waals surface area contributed by atoms with Gasteiger partial charge in [-0.05, 0) is 83.0 Å². The fraction of sp³-hybridized carbons (Fsp3) is 0.412. The van der Waals surface area contributed by atoms with Crippen LogP contribution in [0.25, 0.3) is 22.0 Å². The van der Waals surface area contributed by atoms with E-state index in [-0.39, 0.29) is 31.0 Å². The summed E-state index contributed by atoms with van der Waals surface area (Å²) in [4.78, 5) is 31.5. The molecule has 0 unspecified atom stereocenters. The molecule has 4 aromatic rings. The number of fused-ring (bicyclic) bond motifs is 1. The topological polar surface area (TPSA) is 86.5 Å². The lowest BCUT2D eigenvalue weighted by molar-refractivity contribution is 0.0285. The predicted octanol–water partition coefficient (Wildman–Crippen LogP) is 7.39. The molecule has 2 aromatic heterocycles. The van der Waals surface area contributed by atoms with Gasteiger partial charge in [0, 0.05) is 55.5 Å². The zero-order chi connectivity index (χ0) is 33.3. The van der Waals surface area contributed by atoms with Crippen LogP contribution in [0.3, 0.4) is 0 Å². The van der Waals surface area contributed by atoms with Crippen LogP contribution in [0.15, 0.2) is 42.6 Å². The van der Waals surface area contributed by atoms with Crippen LogP contribution in [-0.2, 0) is 24.8 Å². The summed E-state index contributed by atoms with van der Waals surface area (Å²) in [6.45, 7) is 9.43. The number of alkyl halides is 1. The Kier molecular flexibility index (Phi) is 9.60. The van der Waals surface area contributed by atoms with Gasteiger partial charge in [0.25, 0.3) is 0 Å². The lowest BCUT2D eigenvalue weighted by atomic mass is 9.86. The van der Waals surface area contributed by atoms with Gasteiger partial charge in [-0.2, -0.15) is 9.49 Å². The Morgan fingerprint density at radius 1 is 1.04 bits per heavy atom. The fourth-order valence-electron chi connectivity index (χ4n) is 4.84. The van der Waals surface area contributed by atoms with Gasteiger partial charge in [-0.3, -0.25) is 18.9 Å². The highest BCUT2D eigenvalue weighted by Crippen LogP contribution is 2.36. The SMILES string of the molecule is Cc1c(CCOc2c(-c3ccc4nccc(CN(C)C(=O)OC(C)(C)C)c4c3)ccc(F)c2F)c(C(=O)C(C)(C)CF)nn1C. The number of nitrogens with zero attached hydrogens (tertiary/aromatic N) is 4. The number of Topliss-reactive ketones (excluding diaryl/α,β-unsaturated/α-hetero) is 1. The van der Waals surface area contributed by atoms with Crippen molar-refractivity contribution in [1.82, 2.24) is 19.7 Å². The number of hydrogen-bond donors (Lipinski definition) is 0. The van der Waals surface area contributed by atoms with E-state index in [9.17, 15) is 18.4 Å². The average Bonchev–Trinajstić information content (AvgIpc) is 3.26. The van der Waals surface area contributed by atoms with Crippen molar-refractivity contribution < 1.29 is 32.2 Å². The van der Waals surface area contributed by atoms with Gasteiger partial charge in [-0.1, -0.05) is 6.07 Å².